The van der Waals surface area contributed by atoms with Crippen LogP contribution in [0.3, 0.4) is 0 Å². The Morgan fingerprint density at radius 2 is 1.47 bits per heavy atom. The van der Waals surface area contributed by atoms with Crippen molar-refractivity contribution in [1.29, 1.82) is 0 Å². The Kier molecular flexibility index (Phi) is 6.34. The van der Waals surface area contributed by atoms with Crippen molar-refractivity contribution < 1.29 is 9.90 Å². The average Bonchev–Trinajstić information content (AvgIpc) is 3.23. The summed E-state index contributed by atoms with van der Waals surface area (Å²) in [6.07, 6.45) is 0. The minimum atomic E-state index is -0.374. The average molecular weight is 475 g/mol. The molecule has 178 valence electrons. The van der Waals surface area contributed by atoms with Gasteiger partial charge in [0, 0.05) is 30.2 Å². The highest BCUT2D eigenvalue weighted by molar-refractivity contribution is 6.23. The van der Waals surface area contributed by atoms with Crippen molar-refractivity contribution in [3.8, 4) is 5.88 Å². The van der Waals surface area contributed by atoms with Crippen LogP contribution in [0, 0.1) is 0 Å². The Hall–Kier alpha value is -4.68. The first-order chi connectivity index (χ1) is 17.6. The number of aromatic hydroxyl groups is 1. The summed E-state index contributed by atoms with van der Waals surface area (Å²) in [7, 11) is 1.69. The number of benzene rings is 4. The van der Waals surface area contributed by atoms with Gasteiger partial charge in [0.25, 0.3) is 0 Å². The second-order valence-electron chi connectivity index (χ2n) is 8.43. The summed E-state index contributed by atoms with van der Waals surface area (Å²) in [6.45, 7) is 0.445. The number of aromatic nitrogens is 1. The number of carbonyl (C=O) groups is 1. The number of carbonyl (C=O) groups excluding carboxylic acids is 1. The van der Waals surface area contributed by atoms with Gasteiger partial charge in [-0.15, -0.1) is 0 Å². The summed E-state index contributed by atoms with van der Waals surface area (Å²) in [5, 5.41) is 12.3. The van der Waals surface area contributed by atoms with Gasteiger partial charge in [-0.2, -0.15) is 0 Å². The molecule has 1 amide bonds. The number of anilines is 1. The third kappa shape index (κ3) is 4.26. The van der Waals surface area contributed by atoms with Crippen LogP contribution in [0.15, 0.2) is 114 Å². The normalized spacial score (nSPS) is 11.6. The molecule has 0 aliphatic rings. The number of fused-ring (bicyclic) bond motifs is 1. The topological polar surface area (TPSA) is 83.8 Å². The second-order valence-corrected chi connectivity index (χ2v) is 8.43. The number of hydrogen-bond donors (Lipinski definition) is 2. The summed E-state index contributed by atoms with van der Waals surface area (Å²) in [6, 6.07) is 33.7. The highest BCUT2D eigenvalue weighted by Gasteiger charge is 2.27. The molecule has 3 N–H and O–H groups in total. The van der Waals surface area contributed by atoms with Gasteiger partial charge in [0.05, 0.1) is 22.5 Å². The molecule has 1 aromatic heterocycles. The van der Waals surface area contributed by atoms with Crippen molar-refractivity contribution in [1.82, 2.24) is 4.57 Å². The largest absolute Gasteiger partial charge is 0.494 e. The molecule has 0 aliphatic heterocycles. The molecule has 0 radical (unpaired) electrons. The van der Waals surface area contributed by atoms with Crippen molar-refractivity contribution >= 4 is 34.0 Å². The van der Waals surface area contributed by atoms with E-state index in [0.29, 0.717) is 23.3 Å². The highest BCUT2D eigenvalue weighted by Crippen LogP contribution is 2.35. The van der Waals surface area contributed by atoms with Crippen LogP contribution in [0.1, 0.15) is 16.7 Å². The lowest BCUT2D eigenvalue weighted by atomic mass is 10.0. The molecule has 4 aromatic carbocycles. The second kappa shape index (κ2) is 9.90. The Balaban J connectivity index is 1.72. The molecular weight excluding hydrogens is 448 g/mol. The van der Waals surface area contributed by atoms with Crippen LogP contribution in [-0.4, -0.2) is 28.5 Å². The number of nitrogens with zero attached hydrogens (tertiary/aromatic N) is 3. The van der Waals surface area contributed by atoms with Gasteiger partial charge in [-0.25, -0.2) is 14.4 Å². The van der Waals surface area contributed by atoms with E-state index in [1.807, 2.05) is 109 Å². The minimum absolute atomic E-state index is 0.162. The SMILES string of the molecule is CN(C(=O)n1c(O)c(C(=Nc2ccc(CN)cc2)c2ccccc2)c2ccccc21)c1ccccc1. The predicted molar refractivity (Wildman–Crippen MR) is 145 cm³/mol. The van der Waals surface area contributed by atoms with Gasteiger partial charge in [-0.3, -0.25) is 4.90 Å². The maximum Gasteiger partial charge on any atom is 0.335 e. The molecule has 0 aliphatic carbocycles. The molecule has 0 atom stereocenters. The van der Waals surface area contributed by atoms with E-state index in [0.717, 1.165) is 27.9 Å². The van der Waals surface area contributed by atoms with Gasteiger partial charge >= 0.3 is 6.03 Å². The molecule has 0 fully saturated rings. The number of hydrogen-bond acceptors (Lipinski definition) is 4. The molecule has 0 saturated heterocycles. The quantitative estimate of drug-likeness (QED) is 0.303. The van der Waals surface area contributed by atoms with Crippen molar-refractivity contribution in [3.63, 3.8) is 0 Å². The van der Waals surface area contributed by atoms with E-state index in [9.17, 15) is 9.90 Å². The van der Waals surface area contributed by atoms with Crippen molar-refractivity contribution in [2.75, 3.05) is 11.9 Å². The lowest BCUT2D eigenvalue weighted by Gasteiger charge is -2.18. The van der Waals surface area contributed by atoms with E-state index in [4.69, 9.17) is 10.7 Å². The van der Waals surface area contributed by atoms with E-state index < -0.39 is 0 Å². The molecule has 5 aromatic rings. The summed E-state index contributed by atoms with van der Waals surface area (Å²) in [4.78, 5) is 20.1. The smallest absolute Gasteiger partial charge is 0.335 e. The Bertz CT molecular complexity index is 1540. The van der Waals surface area contributed by atoms with E-state index in [1.165, 1.54) is 9.47 Å². The number of amides is 1. The molecule has 1 heterocycles. The zero-order valence-corrected chi connectivity index (χ0v) is 19.9. The van der Waals surface area contributed by atoms with E-state index in [-0.39, 0.29) is 11.9 Å². The fourth-order valence-electron chi connectivity index (χ4n) is 4.26. The highest BCUT2D eigenvalue weighted by atomic mass is 16.3. The molecule has 0 bridgehead atoms. The molecular formula is C30H26N4O2. The monoisotopic (exact) mass is 474 g/mol. The first kappa shape index (κ1) is 23.1. The molecule has 36 heavy (non-hydrogen) atoms. The molecule has 6 heteroatoms. The Morgan fingerprint density at radius 1 is 0.861 bits per heavy atom. The van der Waals surface area contributed by atoms with Crippen LogP contribution in [0.4, 0.5) is 16.2 Å². The number of para-hydroxylation sites is 2. The van der Waals surface area contributed by atoms with Crippen molar-refractivity contribution in [2.24, 2.45) is 10.7 Å². The van der Waals surface area contributed by atoms with Gasteiger partial charge in [-0.1, -0.05) is 78.9 Å². The first-order valence-electron chi connectivity index (χ1n) is 11.7. The summed E-state index contributed by atoms with van der Waals surface area (Å²) in [5.41, 5.74) is 10.7. The van der Waals surface area contributed by atoms with Gasteiger partial charge in [-0.05, 0) is 35.9 Å². The molecule has 5 rings (SSSR count). The van der Waals surface area contributed by atoms with E-state index in [2.05, 4.69) is 0 Å². The van der Waals surface area contributed by atoms with Crippen LogP contribution in [-0.2, 0) is 6.54 Å². The molecule has 6 nitrogen and oxygen atoms in total. The third-order valence-electron chi connectivity index (χ3n) is 6.17. The number of nitrogens with two attached hydrogens (primary N) is 1. The Morgan fingerprint density at radius 3 is 2.14 bits per heavy atom. The summed E-state index contributed by atoms with van der Waals surface area (Å²) in [5.74, 6) is -0.162. The number of rotatable bonds is 5. The fourth-order valence-corrected chi connectivity index (χ4v) is 4.26. The van der Waals surface area contributed by atoms with Gasteiger partial charge in [0.15, 0.2) is 0 Å². The molecule has 0 saturated carbocycles. The van der Waals surface area contributed by atoms with Crippen LogP contribution in [0.25, 0.3) is 10.9 Å². The van der Waals surface area contributed by atoms with Crippen LogP contribution in [0.5, 0.6) is 5.88 Å². The van der Waals surface area contributed by atoms with Gasteiger partial charge < -0.3 is 10.8 Å². The zero-order chi connectivity index (χ0) is 25.1. The third-order valence-corrected chi connectivity index (χ3v) is 6.17. The minimum Gasteiger partial charge on any atom is -0.494 e. The van der Waals surface area contributed by atoms with E-state index >= 15 is 0 Å². The zero-order valence-electron chi connectivity index (χ0n) is 19.9. The first-order valence-corrected chi connectivity index (χ1v) is 11.7. The summed E-state index contributed by atoms with van der Waals surface area (Å²) >= 11 is 0. The lowest BCUT2D eigenvalue weighted by molar-refractivity contribution is 0.247. The predicted octanol–water partition coefficient (Wildman–Crippen LogP) is 6.08. The van der Waals surface area contributed by atoms with Gasteiger partial charge in [0.2, 0.25) is 5.88 Å². The maximum atomic E-state index is 13.7. The van der Waals surface area contributed by atoms with Crippen LogP contribution in [0.2, 0.25) is 0 Å². The number of aliphatic imine (C=N–C) groups is 1. The van der Waals surface area contributed by atoms with Crippen LogP contribution >= 0.6 is 0 Å². The van der Waals surface area contributed by atoms with Gasteiger partial charge in [0.1, 0.15) is 0 Å². The lowest BCUT2D eigenvalue weighted by Crippen LogP contribution is -2.30. The molecule has 0 spiro atoms. The standard InChI is InChI=1S/C30H26N4O2/c1-33(24-12-6-3-7-13-24)30(36)34-26-15-9-8-14-25(26)27(29(34)35)28(22-10-4-2-5-11-22)32-23-18-16-21(20-31)17-19-23/h2-19,35H,20,31H2,1H3. The molecule has 0 unspecified atom stereocenters. The Labute approximate surface area is 209 Å². The van der Waals surface area contributed by atoms with E-state index in [1.54, 1.807) is 7.05 Å². The van der Waals surface area contributed by atoms with Crippen molar-refractivity contribution in [3.05, 3.63) is 126 Å². The van der Waals surface area contributed by atoms with Crippen LogP contribution < -0.4 is 10.6 Å². The maximum absolute atomic E-state index is 13.7. The fraction of sp³-hybridized carbons (Fsp3) is 0.0667. The summed E-state index contributed by atoms with van der Waals surface area (Å²) < 4.78 is 1.34. The van der Waals surface area contributed by atoms with Crippen molar-refractivity contribution in [2.45, 2.75) is 6.54 Å².